The number of nitrogens with two attached hydrogens (primary N) is 1. The normalized spacial score (nSPS) is 17.4. The van der Waals surface area contributed by atoms with Gasteiger partial charge in [0.2, 0.25) is 0 Å². The maximum absolute atomic E-state index is 12.4. The van der Waals surface area contributed by atoms with Gasteiger partial charge in [-0.3, -0.25) is 4.79 Å². The van der Waals surface area contributed by atoms with Crippen molar-refractivity contribution in [1.29, 1.82) is 0 Å². The molecule has 0 spiro atoms. The third kappa shape index (κ3) is 2.85. The molecule has 0 aromatic heterocycles. The summed E-state index contributed by atoms with van der Waals surface area (Å²) >= 11 is 0. The van der Waals surface area contributed by atoms with E-state index < -0.39 is 0 Å². The van der Waals surface area contributed by atoms with Crippen molar-refractivity contribution >= 4 is 18.3 Å². The topological polar surface area (TPSA) is 46.3 Å². The van der Waals surface area contributed by atoms with Crippen molar-refractivity contribution in [2.45, 2.75) is 38.8 Å². The van der Waals surface area contributed by atoms with E-state index in [1.165, 1.54) is 0 Å². The van der Waals surface area contributed by atoms with Gasteiger partial charge in [-0.25, -0.2) is 0 Å². The molecule has 0 radical (unpaired) electrons. The lowest BCUT2D eigenvalue weighted by molar-refractivity contribution is 0.0652. The summed E-state index contributed by atoms with van der Waals surface area (Å²) in [5.74, 6) is 0.135. The Morgan fingerprint density at radius 2 is 1.94 bits per heavy atom. The molecule has 3 nitrogen and oxygen atoms in total. The van der Waals surface area contributed by atoms with Crippen LogP contribution in [0.5, 0.6) is 0 Å². The Morgan fingerprint density at radius 3 is 2.39 bits per heavy atom. The second-order valence-electron chi connectivity index (χ2n) is 5.27. The van der Waals surface area contributed by atoms with Crippen molar-refractivity contribution in [1.82, 2.24) is 4.90 Å². The summed E-state index contributed by atoms with van der Waals surface area (Å²) in [6.45, 7) is 5.65. The molecule has 1 aromatic carbocycles. The lowest BCUT2D eigenvalue weighted by Gasteiger charge is -2.31. The lowest BCUT2D eigenvalue weighted by atomic mass is 10.0. The highest BCUT2D eigenvalue weighted by atomic mass is 35.5. The van der Waals surface area contributed by atoms with Crippen molar-refractivity contribution in [3.05, 3.63) is 35.4 Å². The van der Waals surface area contributed by atoms with Crippen LogP contribution < -0.4 is 5.73 Å². The number of carbonyl (C=O) groups excluding carboxylic acids is 1. The van der Waals surface area contributed by atoms with Crippen molar-refractivity contribution < 1.29 is 4.79 Å². The number of nitrogens with zero attached hydrogens (tertiary/aromatic N) is 1. The van der Waals surface area contributed by atoms with Crippen LogP contribution in [0.2, 0.25) is 0 Å². The molecule has 0 saturated carbocycles. The van der Waals surface area contributed by atoms with E-state index in [4.69, 9.17) is 5.73 Å². The zero-order chi connectivity index (χ0) is 12.5. The molecular weight excluding hydrogens is 248 g/mol. The van der Waals surface area contributed by atoms with Crippen LogP contribution >= 0.6 is 12.4 Å². The van der Waals surface area contributed by atoms with Crippen LogP contribution in [0.25, 0.3) is 0 Å². The highest BCUT2D eigenvalue weighted by molar-refractivity contribution is 5.94. The smallest absolute Gasteiger partial charge is 0.254 e. The standard InChI is InChI=1S/C14H20N2O.ClH/c1-14(2)8-3-9-16(14)13(17)12-6-4-11(10-15)5-7-12;/h4-7H,3,8-10,15H2,1-2H3;1H. The predicted molar refractivity (Wildman–Crippen MR) is 75.9 cm³/mol. The van der Waals surface area contributed by atoms with Gasteiger partial charge in [-0.2, -0.15) is 0 Å². The van der Waals surface area contributed by atoms with Crippen molar-refractivity contribution in [3.63, 3.8) is 0 Å². The Kier molecular flexibility index (Phi) is 4.77. The highest BCUT2D eigenvalue weighted by Crippen LogP contribution is 2.29. The summed E-state index contributed by atoms with van der Waals surface area (Å²) in [7, 11) is 0. The number of rotatable bonds is 2. The predicted octanol–water partition coefficient (Wildman–Crippen LogP) is 2.58. The molecular formula is C14H21ClN2O. The van der Waals surface area contributed by atoms with E-state index in [-0.39, 0.29) is 23.9 Å². The number of likely N-dealkylation sites (tertiary alicyclic amines) is 1. The zero-order valence-electron chi connectivity index (χ0n) is 11.0. The average Bonchev–Trinajstić information content (AvgIpc) is 2.68. The first-order valence-corrected chi connectivity index (χ1v) is 6.15. The number of halogens is 1. The van der Waals surface area contributed by atoms with Crippen LogP contribution in [-0.2, 0) is 6.54 Å². The zero-order valence-corrected chi connectivity index (χ0v) is 11.8. The molecule has 100 valence electrons. The molecule has 0 aliphatic carbocycles. The van der Waals surface area contributed by atoms with Gasteiger partial charge in [0, 0.05) is 24.2 Å². The minimum atomic E-state index is -0.0103. The number of carbonyl (C=O) groups is 1. The Bertz CT molecular complexity index is 414. The van der Waals surface area contributed by atoms with Crippen LogP contribution in [0.4, 0.5) is 0 Å². The Labute approximate surface area is 115 Å². The van der Waals surface area contributed by atoms with E-state index >= 15 is 0 Å². The first kappa shape index (κ1) is 15.0. The Morgan fingerprint density at radius 1 is 1.33 bits per heavy atom. The second kappa shape index (κ2) is 5.72. The van der Waals surface area contributed by atoms with Crippen LogP contribution in [0.15, 0.2) is 24.3 Å². The molecule has 2 N–H and O–H groups in total. The van der Waals surface area contributed by atoms with Gasteiger partial charge < -0.3 is 10.6 Å². The summed E-state index contributed by atoms with van der Waals surface area (Å²) in [6, 6.07) is 7.60. The van der Waals surface area contributed by atoms with Crippen LogP contribution in [0.3, 0.4) is 0 Å². The number of amides is 1. The molecule has 1 fully saturated rings. The molecule has 1 saturated heterocycles. The van der Waals surface area contributed by atoms with Crippen LogP contribution in [0.1, 0.15) is 42.6 Å². The summed E-state index contributed by atoms with van der Waals surface area (Å²) in [5.41, 5.74) is 7.35. The Balaban J connectivity index is 0.00000162. The van der Waals surface area contributed by atoms with E-state index in [1.54, 1.807) is 0 Å². The number of hydrogen-bond donors (Lipinski definition) is 1. The molecule has 2 rings (SSSR count). The second-order valence-corrected chi connectivity index (χ2v) is 5.27. The molecule has 0 unspecified atom stereocenters. The minimum Gasteiger partial charge on any atom is -0.334 e. The summed E-state index contributed by atoms with van der Waals surface area (Å²) < 4.78 is 0. The fourth-order valence-electron chi connectivity index (χ4n) is 2.42. The molecule has 1 aliphatic heterocycles. The molecule has 1 heterocycles. The maximum Gasteiger partial charge on any atom is 0.254 e. The molecule has 0 bridgehead atoms. The maximum atomic E-state index is 12.4. The largest absolute Gasteiger partial charge is 0.334 e. The minimum absolute atomic E-state index is 0. The molecule has 1 aromatic rings. The summed E-state index contributed by atoms with van der Waals surface area (Å²) in [5, 5.41) is 0. The third-order valence-corrected chi connectivity index (χ3v) is 3.58. The van der Waals surface area contributed by atoms with Gasteiger partial charge in [0.05, 0.1) is 0 Å². The van der Waals surface area contributed by atoms with Gasteiger partial charge in [-0.1, -0.05) is 12.1 Å². The van der Waals surface area contributed by atoms with Crippen LogP contribution in [-0.4, -0.2) is 22.9 Å². The quantitative estimate of drug-likeness (QED) is 0.896. The Hall–Kier alpha value is -1.06. The van der Waals surface area contributed by atoms with E-state index in [1.807, 2.05) is 29.2 Å². The molecule has 1 amide bonds. The monoisotopic (exact) mass is 268 g/mol. The first-order chi connectivity index (χ1) is 8.04. The van der Waals surface area contributed by atoms with Crippen LogP contribution in [0, 0.1) is 0 Å². The van der Waals surface area contributed by atoms with Crippen molar-refractivity contribution in [2.24, 2.45) is 5.73 Å². The highest BCUT2D eigenvalue weighted by Gasteiger charge is 2.35. The fourth-order valence-corrected chi connectivity index (χ4v) is 2.42. The van der Waals surface area contributed by atoms with E-state index in [0.29, 0.717) is 6.54 Å². The van der Waals surface area contributed by atoms with Gasteiger partial charge >= 0.3 is 0 Å². The van der Waals surface area contributed by atoms with Gasteiger partial charge in [-0.05, 0) is 44.4 Å². The van der Waals surface area contributed by atoms with Gasteiger partial charge in [0.1, 0.15) is 0 Å². The van der Waals surface area contributed by atoms with Gasteiger partial charge in [0.15, 0.2) is 0 Å². The number of benzene rings is 1. The fraction of sp³-hybridized carbons (Fsp3) is 0.500. The number of hydrogen-bond acceptors (Lipinski definition) is 2. The first-order valence-electron chi connectivity index (χ1n) is 6.15. The molecule has 1 aliphatic rings. The van der Waals surface area contributed by atoms with E-state index in [0.717, 1.165) is 30.5 Å². The molecule has 0 atom stereocenters. The third-order valence-electron chi connectivity index (χ3n) is 3.58. The summed E-state index contributed by atoms with van der Waals surface area (Å²) in [4.78, 5) is 14.3. The van der Waals surface area contributed by atoms with Gasteiger partial charge in [-0.15, -0.1) is 12.4 Å². The molecule has 18 heavy (non-hydrogen) atoms. The van der Waals surface area contributed by atoms with Crippen molar-refractivity contribution in [2.75, 3.05) is 6.54 Å². The van der Waals surface area contributed by atoms with Gasteiger partial charge in [0.25, 0.3) is 5.91 Å². The molecule has 4 heteroatoms. The summed E-state index contributed by atoms with van der Waals surface area (Å²) in [6.07, 6.45) is 2.18. The average molecular weight is 269 g/mol. The van der Waals surface area contributed by atoms with E-state index in [2.05, 4.69) is 13.8 Å². The van der Waals surface area contributed by atoms with E-state index in [9.17, 15) is 4.79 Å². The SMILES string of the molecule is CC1(C)CCCN1C(=O)c1ccc(CN)cc1.Cl. The van der Waals surface area contributed by atoms with Crippen molar-refractivity contribution in [3.8, 4) is 0 Å². The lowest BCUT2D eigenvalue weighted by Crippen LogP contribution is -2.42.